The van der Waals surface area contributed by atoms with E-state index in [-0.39, 0.29) is 17.6 Å². The molecule has 1 rings (SSSR count). The van der Waals surface area contributed by atoms with Crippen molar-refractivity contribution in [2.75, 3.05) is 13.6 Å². The molecule has 0 aliphatic heterocycles. The highest BCUT2D eigenvalue weighted by Crippen LogP contribution is 2.19. The topological polar surface area (TPSA) is 75.5 Å². The maximum absolute atomic E-state index is 11.9. The smallest absolute Gasteiger partial charge is 0.273 e. The summed E-state index contributed by atoms with van der Waals surface area (Å²) in [4.78, 5) is 24.2. The van der Waals surface area contributed by atoms with E-state index >= 15 is 0 Å². The first kappa shape index (κ1) is 16.1. The van der Waals surface area contributed by atoms with Gasteiger partial charge in [-0.3, -0.25) is 19.8 Å². The lowest BCUT2D eigenvalue weighted by molar-refractivity contribution is -0.385. The first-order valence-corrected chi connectivity index (χ1v) is 6.67. The highest BCUT2D eigenvalue weighted by atomic mass is 16.6. The van der Waals surface area contributed by atoms with Gasteiger partial charge in [-0.2, -0.15) is 0 Å². The Hall–Kier alpha value is -1.95. The molecule has 6 nitrogen and oxygen atoms in total. The lowest BCUT2D eigenvalue weighted by Gasteiger charge is -2.23. The van der Waals surface area contributed by atoms with Crippen LogP contribution < -0.4 is 5.32 Å². The first-order chi connectivity index (χ1) is 9.47. The number of likely N-dealkylation sites (N-methyl/N-ethyl adjacent to an activating group) is 1. The normalized spacial score (nSPS) is 12.2. The SMILES string of the molecule is CCCNC(=O)C(C)N(C)Cc1ccccc1[N+](=O)[O-]. The van der Waals surface area contributed by atoms with Crippen LogP contribution in [0.15, 0.2) is 24.3 Å². The lowest BCUT2D eigenvalue weighted by Crippen LogP contribution is -2.43. The van der Waals surface area contributed by atoms with Crippen LogP contribution >= 0.6 is 0 Å². The standard InChI is InChI=1S/C14H21N3O3/c1-4-9-15-14(18)11(2)16(3)10-12-7-5-6-8-13(12)17(19)20/h5-8,11H,4,9-10H2,1-3H3,(H,15,18). The minimum Gasteiger partial charge on any atom is -0.355 e. The highest BCUT2D eigenvalue weighted by Gasteiger charge is 2.20. The second kappa shape index (κ2) is 7.59. The van der Waals surface area contributed by atoms with Crippen LogP contribution in [0, 0.1) is 10.1 Å². The summed E-state index contributed by atoms with van der Waals surface area (Å²) in [5.41, 5.74) is 0.690. The summed E-state index contributed by atoms with van der Waals surface area (Å²) < 4.78 is 0. The fourth-order valence-electron chi connectivity index (χ4n) is 1.82. The molecule has 0 aromatic heterocycles. The van der Waals surface area contributed by atoms with Crippen molar-refractivity contribution < 1.29 is 9.72 Å². The largest absolute Gasteiger partial charge is 0.355 e. The van der Waals surface area contributed by atoms with Crippen LogP contribution in [0.2, 0.25) is 0 Å². The Morgan fingerprint density at radius 3 is 2.70 bits per heavy atom. The van der Waals surface area contributed by atoms with Gasteiger partial charge in [0, 0.05) is 24.7 Å². The van der Waals surface area contributed by atoms with Crippen LogP contribution in [0.25, 0.3) is 0 Å². The quantitative estimate of drug-likeness (QED) is 0.611. The van der Waals surface area contributed by atoms with Crippen LogP contribution in [0.3, 0.4) is 0 Å². The maximum atomic E-state index is 11.9. The molecule has 1 unspecified atom stereocenters. The van der Waals surface area contributed by atoms with Gasteiger partial charge in [-0.1, -0.05) is 25.1 Å². The van der Waals surface area contributed by atoms with Crippen LogP contribution in [0.4, 0.5) is 5.69 Å². The Labute approximate surface area is 118 Å². The van der Waals surface area contributed by atoms with E-state index in [2.05, 4.69) is 5.32 Å². The third kappa shape index (κ3) is 4.31. The molecule has 0 fully saturated rings. The molecule has 20 heavy (non-hydrogen) atoms. The minimum absolute atomic E-state index is 0.0621. The highest BCUT2D eigenvalue weighted by molar-refractivity contribution is 5.81. The van der Waals surface area contributed by atoms with Crippen LogP contribution in [0.5, 0.6) is 0 Å². The van der Waals surface area contributed by atoms with Gasteiger partial charge in [-0.15, -0.1) is 0 Å². The van der Waals surface area contributed by atoms with Gasteiger partial charge in [0.2, 0.25) is 5.91 Å². The Morgan fingerprint density at radius 2 is 2.10 bits per heavy atom. The molecule has 0 spiro atoms. The van der Waals surface area contributed by atoms with Crippen molar-refractivity contribution in [1.82, 2.24) is 10.2 Å². The van der Waals surface area contributed by atoms with Crippen molar-refractivity contribution in [2.24, 2.45) is 0 Å². The number of nitrogens with one attached hydrogen (secondary N) is 1. The van der Waals surface area contributed by atoms with Gasteiger partial charge in [0.05, 0.1) is 11.0 Å². The number of carbonyl (C=O) groups is 1. The van der Waals surface area contributed by atoms with Crippen LogP contribution in [-0.4, -0.2) is 35.4 Å². The van der Waals surface area contributed by atoms with E-state index in [4.69, 9.17) is 0 Å². The Morgan fingerprint density at radius 1 is 1.45 bits per heavy atom. The molecule has 0 heterocycles. The number of hydrogen-bond acceptors (Lipinski definition) is 4. The molecule has 1 N–H and O–H groups in total. The van der Waals surface area contributed by atoms with E-state index in [0.717, 1.165) is 6.42 Å². The molecular formula is C14H21N3O3. The molecule has 0 aliphatic rings. The second-order valence-corrected chi connectivity index (χ2v) is 4.77. The van der Waals surface area contributed by atoms with Gasteiger partial charge in [0.25, 0.3) is 5.69 Å². The number of nitrogens with zero attached hydrogens (tertiary/aromatic N) is 2. The average Bonchev–Trinajstić information content (AvgIpc) is 2.44. The number of nitro groups is 1. The summed E-state index contributed by atoms with van der Waals surface area (Å²) >= 11 is 0. The fraction of sp³-hybridized carbons (Fsp3) is 0.500. The lowest BCUT2D eigenvalue weighted by atomic mass is 10.1. The van der Waals surface area contributed by atoms with Gasteiger partial charge in [-0.25, -0.2) is 0 Å². The Kier molecular flexibility index (Phi) is 6.11. The third-order valence-corrected chi connectivity index (χ3v) is 3.20. The third-order valence-electron chi connectivity index (χ3n) is 3.20. The van der Waals surface area contributed by atoms with Crippen LogP contribution in [-0.2, 0) is 11.3 Å². The molecular weight excluding hydrogens is 258 g/mol. The molecule has 1 amide bonds. The van der Waals surface area contributed by atoms with E-state index in [0.29, 0.717) is 18.7 Å². The molecule has 0 saturated heterocycles. The predicted octanol–water partition coefficient (Wildman–Crippen LogP) is 1.94. The van der Waals surface area contributed by atoms with Gasteiger partial charge >= 0.3 is 0 Å². The average molecular weight is 279 g/mol. The number of rotatable bonds is 7. The summed E-state index contributed by atoms with van der Waals surface area (Å²) in [5, 5.41) is 13.8. The molecule has 6 heteroatoms. The van der Waals surface area contributed by atoms with Crippen molar-refractivity contribution in [3.63, 3.8) is 0 Å². The van der Waals surface area contributed by atoms with Crippen molar-refractivity contribution in [3.05, 3.63) is 39.9 Å². The molecule has 0 bridgehead atoms. The summed E-state index contributed by atoms with van der Waals surface area (Å²) in [6.45, 7) is 4.78. The van der Waals surface area contributed by atoms with E-state index in [9.17, 15) is 14.9 Å². The Balaban J connectivity index is 2.73. The van der Waals surface area contributed by atoms with E-state index in [1.54, 1.807) is 37.1 Å². The van der Waals surface area contributed by atoms with Gasteiger partial charge in [0.1, 0.15) is 0 Å². The summed E-state index contributed by atoms with van der Waals surface area (Å²) in [7, 11) is 1.78. The van der Waals surface area contributed by atoms with E-state index in [1.165, 1.54) is 6.07 Å². The number of para-hydroxylation sites is 1. The van der Waals surface area contributed by atoms with Crippen LogP contribution in [0.1, 0.15) is 25.8 Å². The van der Waals surface area contributed by atoms with Crippen molar-refractivity contribution in [1.29, 1.82) is 0 Å². The molecule has 110 valence electrons. The molecule has 0 radical (unpaired) electrons. The van der Waals surface area contributed by atoms with Crippen molar-refractivity contribution >= 4 is 11.6 Å². The zero-order valence-electron chi connectivity index (χ0n) is 12.1. The Bertz CT molecular complexity index is 476. The zero-order chi connectivity index (χ0) is 15.1. The number of hydrogen-bond donors (Lipinski definition) is 1. The number of benzene rings is 1. The summed E-state index contributed by atoms with van der Waals surface area (Å²) in [6, 6.07) is 6.26. The molecule has 0 aliphatic carbocycles. The van der Waals surface area contributed by atoms with E-state index in [1.807, 2.05) is 6.92 Å². The first-order valence-electron chi connectivity index (χ1n) is 6.67. The summed E-state index contributed by atoms with van der Waals surface area (Å²) in [6.07, 6.45) is 0.881. The monoisotopic (exact) mass is 279 g/mol. The number of nitro benzene ring substituents is 1. The molecule has 1 aromatic carbocycles. The number of amides is 1. The van der Waals surface area contributed by atoms with Gasteiger partial charge in [-0.05, 0) is 20.4 Å². The van der Waals surface area contributed by atoms with Crippen molar-refractivity contribution in [2.45, 2.75) is 32.9 Å². The zero-order valence-corrected chi connectivity index (χ0v) is 12.1. The summed E-state index contributed by atoms with van der Waals surface area (Å²) in [5.74, 6) is -0.0621. The predicted molar refractivity (Wildman–Crippen MR) is 77.3 cm³/mol. The van der Waals surface area contributed by atoms with Gasteiger partial charge in [0.15, 0.2) is 0 Å². The minimum atomic E-state index is -0.398. The molecule has 1 atom stereocenters. The van der Waals surface area contributed by atoms with Gasteiger partial charge < -0.3 is 5.32 Å². The van der Waals surface area contributed by atoms with E-state index < -0.39 is 4.92 Å². The molecule has 0 saturated carbocycles. The second-order valence-electron chi connectivity index (χ2n) is 4.77. The molecule has 1 aromatic rings. The fourth-order valence-corrected chi connectivity index (χ4v) is 1.82. The number of carbonyl (C=O) groups excluding carboxylic acids is 1. The maximum Gasteiger partial charge on any atom is 0.273 e. The van der Waals surface area contributed by atoms with Crippen molar-refractivity contribution in [3.8, 4) is 0 Å².